The number of non-ortho nitro benzene ring substituents is 1. The molecule has 0 spiro atoms. The van der Waals surface area contributed by atoms with Crippen molar-refractivity contribution in [2.75, 3.05) is 0 Å². The van der Waals surface area contributed by atoms with Crippen molar-refractivity contribution < 1.29 is 19.9 Å². The third kappa shape index (κ3) is 4.15. The Kier molecular flexibility index (Phi) is 5.61. The predicted octanol–water partition coefficient (Wildman–Crippen LogP) is 2.25. The third-order valence-electron chi connectivity index (χ3n) is 3.03. The fraction of sp³-hybridized carbons (Fsp3) is 0.0667. The summed E-state index contributed by atoms with van der Waals surface area (Å²) in [5.74, 6) is -1.04. The highest BCUT2D eigenvalue weighted by Gasteiger charge is 2.17. The number of nitro groups is 1. The Morgan fingerprint density at radius 2 is 2.00 bits per heavy atom. The summed E-state index contributed by atoms with van der Waals surface area (Å²) >= 11 is 3.00. The summed E-state index contributed by atoms with van der Waals surface area (Å²) in [6.07, 6.45) is -0.364. The molecule has 0 bridgehead atoms. The zero-order valence-corrected chi connectivity index (χ0v) is 13.7. The minimum Gasteiger partial charge on any atom is -0.506 e. The number of halogens is 1. The normalized spacial score (nSPS) is 12.1. The SMILES string of the molecule is O=C(N/N=C/c1cc([N+](=O)[O-])cc(Br)c1O)C(O)c1ccccc1. The van der Waals surface area contributed by atoms with E-state index in [1.807, 2.05) is 0 Å². The Labute approximate surface area is 144 Å². The average molecular weight is 394 g/mol. The molecular weight excluding hydrogens is 382 g/mol. The highest BCUT2D eigenvalue weighted by molar-refractivity contribution is 9.10. The van der Waals surface area contributed by atoms with E-state index >= 15 is 0 Å². The van der Waals surface area contributed by atoms with Crippen molar-refractivity contribution in [1.29, 1.82) is 0 Å². The lowest BCUT2D eigenvalue weighted by molar-refractivity contribution is -0.385. The van der Waals surface area contributed by atoms with Crippen molar-refractivity contribution >= 4 is 33.7 Å². The van der Waals surface area contributed by atoms with E-state index in [0.29, 0.717) is 5.56 Å². The molecule has 0 aliphatic heterocycles. The molecule has 2 aromatic rings. The average Bonchev–Trinajstić information content (AvgIpc) is 2.58. The van der Waals surface area contributed by atoms with Crippen LogP contribution in [-0.4, -0.2) is 27.3 Å². The number of carbonyl (C=O) groups excluding carboxylic acids is 1. The first-order valence-corrected chi connectivity index (χ1v) is 7.42. The van der Waals surface area contributed by atoms with Crippen LogP contribution in [0, 0.1) is 10.1 Å². The first-order chi connectivity index (χ1) is 11.4. The van der Waals surface area contributed by atoms with E-state index in [-0.39, 0.29) is 21.5 Å². The van der Waals surface area contributed by atoms with E-state index in [9.17, 15) is 25.1 Å². The molecule has 0 saturated heterocycles. The monoisotopic (exact) mass is 393 g/mol. The third-order valence-corrected chi connectivity index (χ3v) is 3.63. The molecule has 0 fully saturated rings. The van der Waals surface area contributed by atoms with Crippen LogP contribution in [-0.2, 0) is 4.79 Å². The number of nitro benzene ring substituents is 1. The number of aromatic hydroxyl groups is 1. The molecule has 1 atom stereocenters. The van der Waals surface area contributed by atoms with Gasteiger partial charge in [-0.05, 0) is 21.5 Å². The number of phenolic OH excluding ortho intramolecular Hbond substituents is 1. The molecule has 24 heavy (non-hydrogen) atoms. The minimum absolute atomic E-state index is 0.0329. The highest BCUT2D eigenvalue weighted by atomic mass is 79.9. The fourth-order valence-electron chi connectivity index (χ4n) is 1.82. The van der Waals surface area contributed by atoms with Gasteiger partial charge in [-0.25, -0.2) is 5.43 Å². The Morgan fingerprint density at radius 3 is 2.62 bits per heavy atom. The molecule has 0 saturated carbocycles. The van der Waals surface area contributed by atoms with Crippen LogP contribution in [0.2, 0.25) is 0 Å². The number of hydrazone groups is 1. The van der Waals surface area contributed by atoms with Gasteiger partial charge in [-0.3, -0.25) is 14.9 Å². The van der Waals surface area contributed by atoms with Crippen LogP contribution in [0.15, 0.2) is 52.0 Å². The van der Waals surface area contributed by atoms with Crippen LogP contribution in [0.3, 0.4) is 0 Å². The smallest absolute Gasteiger partial charge is 0.273 e. The van der Waals surface area contributed by atoms with Gasteiger partial charge in [-0.15, -0.1) is 0 Å². The number of benzene rings is 2. The summed E-state index contributed by atoms with van der Waals surface area (Å²) in [6.45, 7) is 0. The first-order valence-electron chi connectivity index (χ1n) is 6.63. The predicted molar refractivity (Wildman–Crippen MR) is 89.6 cm³/mol. The van der Waals surface area contributed by atoms with Gasteiger partial charge in [0, 0.05) is 17.7 Å². The number of rotatable bonds is 5. The van der Waals surface area contributed by atoms with Crippen LogP contribution < -0.4 is 5.43 Å². The van der Waals surface area contributed by atoms with E-state index in [0.717, 1.165) is 18.3 Å². The van der Waals surface area contributed by atoms with Crippen molar-refractivity contribution in [3.8, 4) is 5.75 Å². The molecule has 0 aliphatic rings. The number of hydrogen-bond acceptors (Lipinski definition) is 6. The molecule has 2 aromatic carbocycles. The van der Waals surface area contributed by atoms with E-state index in [4.69, 9.17) is 0 Å². The molecule has 2 rings (SSSR count). The first kappa shape index (κ1) is 17.6. The second-order valence-corrected chi connectivity index (χ2v) is 5.52. The molecule has 124 valence electrons. The van der Waals surface area contributed by atoms with Gasteiger partial charge in [0.15, 0.2) is 6.10 Å². The molecule has 0 aromatic heterocycles. The maximum atomic E-state index is 11.8. The van der Waals surface area contributed by atoms with E-state index in [2.05, 4.69) is 26.5 Å². The van der Waals surface area contributed by atoms with Crippen molar-refractivity contribution in [2.45, 2.75) is 6.10 Å². The van der Waals surface area contributed by atoms with E-state index < -0.39 is 16.9 Å². The van der Waals surface area contributed by atoms with Gasteiger partial charge in [0.05, 0.1) is 15.6 Å². The summed E-state index contributed by atoms with van der Waals surface area (Å²) in [6, 6.07) is 10.5. The number of aliphatic hydroxyl groups is 1. The lowest BCUT2D eigenvalue weighted by Crippen LogP contribution is -2.25. The van der Waals surface area contributed by atoms with Crippen molar-refractivity contribution in [1.82, 2.24) is 5.43 Å². The zero-order chi connectivity index (χ0) is 17.7. The fourth-order valence-corrected chi connectivity index (χ4v) is 2.29. The molecule has 0 radical (unpaired) electrons. The Bertz CT molecular complexity index is 795. The number of aliphatic hydroxyl groups excluding tert-OH is 1. The lowest BCUT2D eigenvalue weighted by Gasteiger charge is -2.08. The van der Waals surface area contributed by atoms with Gasteiger partial charge < -0.3 is 10.2 Å². The largest absolute Gasteiger partial charge is 0.506 e. The molecule has 0 heterocycles. The van der Waals surface area contributed by atoms with Gasteiger partial charge in [0.1, 0.15) is 5.75 Å². The van der Waals surface area contributed by atoms with Gasteiger partial charge in [0.25, 0.3) is 11.6 Å². The summed E-state index contributed by atoms with van der Waals surface area (Å²) in [7, 11) is 0. The topological polar surface area (TPSA) is 125 Å². The van der Waals surface area contributed by atoms with Crippen LogP contribution in [0.1, 0.15) is 17.2 Å². The second-order valence-electron chi connectivity index (χ2n) is 4.67. The number of nitrogens with zero attached hydrogens (tertiary/aromatic N) is 2. The molecule has 8 nitrogen and oxygen atoms in total. The van der Waals surface area contributed by atoms with E-state index in [1.165, 1.54) is 0 Å². The number of carbonyl (C=O) groups is 1. The summed E-state index contributed by atoms with van der Waals surface area (Å²) < 4.78 is 0.119. The molecule has 1 amide bonds. The molecular formula is C15H12BrN3O5. The molecule has 1 unspecified atom stereocenters. The highest BCUT2D eigenvalue weighted by Crippen LogP contribution is 2.31. The maximum absolute atomic E-state index is 11.8. The lowest BCUT2D eigenvalue weighted by atomic mass is 10.1. The standard InChI is InChI=1S/C15H12BrN3O5/c16-12-7-11(19(23)24)6-10(13(12)20)8-17-18-15(22)14(21)9-4-2-1-3-5-9/h1-8,14,20-21H,(H,18,22)/b17-8+. The summed E-state index contributed by atoms with van der Waals surface area (Å²) in [5.41, 5.74) is 2.28. The van der Waals surface area contributed by atoms with Crippen LogP contribution in [0.4, 0.5) is 5.69 Å². The molecule has 9 heteroatoms. The summed E-state index contributed by atoms with van der Waals surface area (Å²) in [4.78, 5) is 22.0. The van der Waals surface area contributed by atoms with Gasteiger partial charge in [-0.1, -0.05) is 30.3 Å². The Balaban J connectivity index is 2.11. The van der Waals surface area contributed by atoms with Crippen molar-refractivity contribution in [3.63, 3.8) is 0 Å². The van der Waals surface area contributed by atoms with Crippen LogP contribution in [0.5, 0.6) is 5.75 Å². The maximum Gasteiger partial charge on any atom is 0.273 e. The zero-order valence-electron chi connectivity index (χ0n) is 12.1. The summed E-state index contributed by atoms with van der Waals surface area (Å²) in [5, 5.41) is 34.1. The Hall–Kier alpha value is -2.78. The van der Waals surface area contributed by atoms with Crippen molar-refractivity contribution in [2.24, 2.45) is 5.10 Å². The van der Waals surface area contributed by atoms with E-state index in [1.54, 1.807) is 30.3 Å². The Morgan fingerprint density at radius 1 is 1.33 bits per heavy atom. The van der Waals surface area contributed by atoms with Gasteiger partial charge in [-0.2, -0.15) is 5.10 Å². The van der Waals surface area contributed by atoms with Gasteiger partial charge >= 0.3 is 0 Å². The second kappa shape index (κ2) is 7.66. The minimum atomic E-state index is -1.41. The molecule has 3 N–H and O–H groups in total. The number of phenols is 1. The van der Waals surface area contributed by atoms with Crippen LogP contribution in [0.25, 0.3) is 0 Å². The number of nitrogens with one attached hydrogen (secondary N) is 1. The number of amides is 1. The van der Waals surface area contributed by atoms with Crippen LogP contribution >= 0.6 is 15.9 Å². The quantitative estimate of drug-likeness (QED) is 0.408. The van der Waals surface area contributed by atoms with Crippen molar-refractivity contribution in [3.05, 3.63) is 68.2 Å². The number of hydrogen-bond donors (Lipinski definition) is 3. The van der Waals surface area contributed by atoms with Gasteiger partial charge in [0.2, 0.25) is 0 Å². The molecule has 0 aliphatic carbocycles.